The quantitative estimate of drug-likeness (QED) is 0.520. The van der Waals surface area contributed by atoms with E-state index in [9.17, 15) is 0 Å². The van der Waals surface area contributed by atoms with Gasteiger partial charge in [0.25, 0.3) is 0 Å². The maximum absolute atomic E-state index is 5.96. The van der Waals surface area contributed by atoms with Gasteiger partial charge >= 0.3 is 0 Å². The van der Waals surface area contributed by atoms with Crippen molar-refractivity contribution in [3.8, 4) is 0 Å². The van der Waals surface area contributed by atoms with E-state index in [1.54, 1.807) is 11.6 Å². The molecule has 2 radical (unpaired) electrons. The first kappa shape index (κ1) is 11.7. The first-order chi connectivity index (χ1) is 8.66. The minimum atomic E-state index is 0.201. The Morgan fingerprint density at radius 3 is 2.67 bits per heavy atom. The van der Waals surface area contributed by atoms with Crippen LogP contribution in [0, 0.1) is 0 Å². The van der Waals surface area contributed by atoms with Gasteiger partial charge in [0.2, 0.25) is 5.28 Å². The van der Waals surface area contributed by atoms with Crippen LogP contribution in [-0.2, 0) is 11.8 Å². The molecule has 0 atom stereocenters. The Balaban J connectivity index is 2.17. The van der Waals surface area contributed by atoms with Crippen LogP contribution in [0.2, 0.25) is 5.28 Å². The number of halogens is 1. The molecule has 6 nitrogen and oxygen atoms in total. The van der Waals surface area contributed by atoms with E-state index in [1.807, 2.05) is 0 Å². The first-order valence-electron chi connectivity index (χ1n) is 5.65. The minimum absolute atomic E-state index is 0.201. The highest BCUT2D eigenvalue weighted by atomic mass is 35.5. The number of aryl methyl sites for hydroxylation is 1. The summed E-state index contributed by atoms with van der Waals surface area (Å²) < 4.78 is 7.03. The molecule has 0 aliphatic carbocycles. The monoisotopic (exact) mass is 263 g/mol. The van der Waals surface area contributed by atoms with E-state index in [0.29, 0.717) is 30.1 Å². The molecule has 2 aromatic rings. The van der Waals surface area contributed by atoms with Gasteiger partial charge in [-0.1, -0.05) is 0 Å². The van der Waals surface area contributed by atoms with Gasteiger partial charge in [0, 0.05) is 20.1 Å². The van der Waals surface area contributed by atoms with Gasteiger partial charge in [-0.2, -0.15) is 9.97 Å². The average Bonchev–Trinajstić information content (AvgIpc) is 2.66. The van der Waals surface area contributed by atoms with E-state index in [0.717, 1.165) is 18.9 Å². The summed E-state index contributed by atoms with van der Waals surface area (Å²) in [6.07, 6.45) is 0. The molecule has 0 aromatic carbocycles. The van der Waals surface area contributed by atoms with Crippen LogP contribution < -0.4 is 10.6 Å². The van der Waals surface area contributed by atoms with Gasteiger partial charge in [-0.25, -0.2) is 4.98 Å². The molecule has 92 valence electrons. The summed E-state index contributed by atoms with van der Waals surface area (Å²) >= 11 is 5.96. The number of imidazole rings is 1. The molecule has 0 bridgehead atoms. The van der Waals surface area contributed by atoms with Crippen LogP contribution in [-0.4, -0.2) is 53.7 Å². The maximum atomic E-state index is 5.96. The van der Waals surface area contributed by atoms with E-state index in [1.165, 1.54) is 0 Å². The molecule has 18 heavy (non-hydrogen) atoms. The summed E-state index contributed by atoms with van der Waals surface area (Å²) in [6.45, 7) is 2.87. The third-order valence-corrected chi connectivity index (χ3v) is 3.19. The molecular weight excluding hydrogens is 252 g/mol. The van der Waals surface area contributed by atoms with Crippen LogP contribution >= 0.6 is 11.6 Å². The van der Waals surface area contributed by atoms with Crippen molar-refractivity contribution in [3.63, 3.8) is 0 Å². The number of fused-ring (bicyclic) bond motifs is 1. The van der Waals surface area contributed by atoms with Gasteiger partial charge in [0.1, 0.15) is 5.52 Å². The molecule has 0 amide bonds. The normalized spacial score (nSPS) is 16.4. The van der Waals surface area contributed by atoms with Gasteiger partial charge in [0.05, 0.1) is 18.9 Å². The Morgan fingerprint density at radius 1 is 1.22 bits per heavy atom. The Hall–Kier alpha value is -1.34. The summed E-state index contributed by atoms with van der Waals surface area (Å²) in [5.74, 6) is 0.723. The van der Waals surface area contributed by atoms with Crippen LogP contribution in [0.5, 0.6) is 0 Å². The molecular formula is C10H11BClN5O. The third-order valence-electron chi connectivity index (χ3n) is 3.02. The summed E-state index contributed by atoms with van der Waals surface area (Å²) in [4.78, 5) is 14.8. The standard InChI is InChI=1S/C10H11BClN5O/c1-16-7-6(13-9(16)11)8(15-10(12)14-7)17-2-4-18-5-3-17/h2-5H2,1H3. The zero-order valence-electron chi connectivity index (χ0n) is 9.93. The molecule has 0 saturated carbocycles. The second-order valence-corrected chi connectivity index (χ2v) is 4.45. The van der Waals surface area contributed by atoms with Crippen molar-refractivity contribution < 1.29 is 4.74 Å². The Morgan fingerprint density at radius 2 is 1.94 bits per heavy atom. The van der Waals surface area contributed by atoms with Crippen molar-refractivity contribution in [2.75, 3.05) is 31.2 Å². The topological polar surface area (TPSA) is 56.1 Å². The van der Waals surface area contributed by atoms with E-state index >= 15 is 0 Å². The largest absolute Gasteiger partial charge is 0.378 e. The lowest BCUT2D eigenvalue weighted by atomic mass is 10.1. The number of anilines is 1. The lowest BCUT2D eigenvalue weighted by molar-refractivity contribution is 0.122. The predicted molar refractivity (Wildman–Crippen MR) is 69.7 cm³/mol. The molecule has 1 aliphatic rings. The minimum Gasteiger partial charge on any atom is -0.378 e. The van der Waals surface area contributed by atoms with Crippen molar-refractivity contribution in [1.29, 1.82) is 0 Å². The summed E-state index contributed by atoms with van der Waals surface area (Å²) in [5.41, 5.74) is 1.73. The van der Waals surface area contributed by atoms with Crippen molar-refractivity contribution in [3.05, 3.63) is 5.28 Å². The molecule has 0 N–H and O–H groups in total. The zero-order valence-corrected chi connectivity index (χ0v) is 10.7. The maximum Gasteiger partial charge on any atom is 0.226 e. The molecule has 1 aliphatic heterocycles. The third kappa shape index (κ3) is 1.83. The number of ether oxygens (including phenoxy) is 1. The van der Waals surface area contributed by atoms with Crippen molar-refractivity contribution in [2.24, 2.45) is 7.05 Å². The van der Waals surface area contributed by atoms with Crippen molar-refractivity contribution in [1.82, 2.24) is 19.5 Å². The average molecular weight is 263 g/mol. The smallest absolute Gasteiger partial charge is 0.226 e. The van der Waals surface area contributed by atoms with E-state index < -0.39 is 0 Å². The Kier molecular flexibility index (Phi) is 2.87. The molecule has 0 unspecified atom stereocenters. The van der Waals surface area contributed by atoms with Gasteiger partial charge in [-0.15, -0.1) is 0 Å². The molecule has 2 aromatic heterocycles. The highest BCUT2D eigenvalue weighted by molar-refractivity contribution is 6.31. The SMILES string of the molecule is [B]c1nc2c(N3CCOCC3)nc(Cl)nc2n1C. The molecule has 8 heteroatoms. The van der Waals surface area contributed by atoms with Gasteiger partial charge in [-0.3, -0.25) is 0 Å². The number of nitrogens with zero attached hydrogens (tertiary/aromatic N) is 5. The molecule has 1 fully saturated rings. The molecule has 3 heterocycles. The van der Waals surface area contributed by atoms with Crippen molar-refractivity contribution in [2.45, 2.75) is 0 Å². The number of hydrogen-bond donors (Lipinski definition) is 0. The van der Waals surface area contributed by atoms with Crippen LogP contribution in [0.25, 0.3) is 11.2 Å². The summed E-state index contributed by atoms with van der Waals surface area (Å²) in [6, 6.07) is 0. The highest BCUT2D eigenvalue weighted by Gasteiger charge is 2.20. The fraction of sp³-hybridized carbons (Fsp3) is 0.500. The van der Waals surface area contributed by atoms with Crippen molar-refractivity contribution >= 4 is 42.2 Å². The number of rotatable bonds is 1. The highest BCUT2D eigenvalue weighted by Crippen LogP contribution is 2.23. The van der Waals surface area contributed by atoms with Gasteiger partial charge in [0.15, 0.2) is 19.3 Å². The van der Waals surface area contributed by atoms with Crippen LogP contribution in [0.3, 0.4) is 0 Å². The number of aromatic nitrogens is 4. The Bertz CT molecular complexity index is 595. The van der Waals surface area contributed by atoms with E-state index in [2.05, 4.69) is 19.9 Å². The van der Waals surface area contributed by atoms with Crippen LogP contribution in [0.15, 0.2) is 0 Å². The number of hydrogen-bond acceptors (Lipinski definition) is 5. The lowest BCUT2D eigenvalue weighted by Crippen LogP contribution is -2.37. The zero-order chi connectivity index (χ0) is 12.7. The molecule has 1 saturated heterocycles. The second kappa shape index (κ2) is 4.40. The van der Waals surface area contributed by atoms with E-state index in [-0.39, 0.29) is 5.28 Å². The summed E-state index contributed by atoms with van der Waals surface area (Å²) in [7, 11) is 7.60. The Labute approximate surface area is 110 Å². The second-order valence-electron chi connectivity index (χ2n) is 4.12. The summed E-state index contributed by atoms with van der Waals surface area (Å²) in [5, 5.41) is 0.201. The van der Waals surface area contributed by atoms with E-state index in [4.69, 9.17) is 24.2 Å². The molecule has 3 rings (SSSR count). The fourth-order valence-corrected chi connectivity index (χ4v) is 2.19. The fourth-order valence-electron chi connectivity index (χ4n) is 2.03. The van der Waals surface area contributed by atoms with Gasteiger partial charge in [-0.05, 0) is 11.6 Å². The molecule has 0 spiro atoms. The predicted octanol–water partition coefficient (Wildman–Crippen LogP) is -0.353. The van der Waals surface area contributed by atoms with Crippen LogP contribution in [0.4, 0.5) is 5.82 Å². The number of morpholine rings is 1. The van der Waals surface area contributed by atoms with Gasteiger partial charge < -0.3 is 14.2 Å². The lowest BCUT2D eigenvalue weighted by Gasteiger charge is -2.27. The first-order valence-corrected chi connectivity index (χ1v) is 6.03. The van der Waals surface area contributed by atoms with Crippen LogP contribution in [0.1, 0.15) is 0 Å².